The number of piperazine rings is 1. The number of aryl methyl sites for hydroxylation is 1. The fraction of sp³-hybridized carbons (Fsp3) is 0.667. The van der Waals surface area contributed by atoms with Crippen LogP contribution in [0.5, 0.6) is 6.01 Å². The van der Waals surface area contributed by atoms with Crippen molar-refractivity contribution in [1.82, 2.24) is 44.3 Å². The molecule has 4 heterocycles. The molecule has 0 unspecified atom stereocenters. The summed E-state index contributed by atoms with van der Waals surface area (Å²) in [7, 11) is 0. The van der Waals surface area contributed by atoms with E-state index in [4.69, 9.17) is 10.5 Å². The van der Waals surface area contributed by atoms with Crippen LogP contribution in [0.2, 0.25) is 0 Å². The summed E-state index contributed by atoms with van der Waals surface area (Å²) in [5.41, 5.74) is 7.17. The summed E-state index contributed by atoms with van der Waals surface area (Å²) in [5, 5.41) is 10.9. The van der Waals surface area contributed by atoms with Crippen LogP contribution in [0.3, 0.4) is 0 Å². The first-order valence-electron chi connectivity index (χ1n) is 13.3. The third-order valence-electron chi connectivity index (χ3n) is 6.65. The number of nitrogen functional groups attached to an aromatic ring is 1. The van der Waals surface area contributed by atoms with Crippen molar-refractivity contribution in [3.63, 3.8) is 0 Å². The molecule has 206 valence electrons. The summed E-state index contributed by atoms with van der Waals surface area (Å²) >= 11 is 4.61. The SMILES string of the molecule is CCCCOc1nc(N)c2[nH]c(=O)n(Cc3cn(CCCCN4CCN(CCCN=C=S)CC4)nn3)c2n1. The van der Waals surface area contributed by atoms with Crippen LogP contribution in [0.25, 0.3) is 11.2 Å². The Hall–Kier alpha value is -3.19. The Morgan fingerprint density at radius 3 is 2.58 bits per heavy atom. The highest BCUT2D eigenvalue weighted by molar-refractivity contribution is 7.78. The molecule has 0 saturated carbocycles. The van der Waals surface area contributed by atoms with Crippen molar-refractivity contribution >= 4 is 34.4 Å². The van der Waals surface area contributed by atoms with Crippen molar-refractivity contribution in [3.8, 4) is 6.01 Å². The van der Waals surface area contributed by atoms with Gasteiger partial charge in [-0.2, -0.15) is 9.97 Å². The number of nitrogens with zero attached hydrogens (tertiary/aromatic N) is 9. The Bertz CT molecular complexity index is 1270. The number of unbranched alkanes of at least 4 members (excludes halogenated alkanes) is 2. The van der Waals surface area contributed by atoms with Crippen LogP contribution in [0.1, 0.15) is 44.7 Å². The number of isothiocyanates is 1. The lowest BCUT2D eigenvalue weighted by Gasteiger charge is -2.34. The fourth-order valence-corrected chi connectivity index (χ4v) is 4.59. The van der Waals surface area contributed by atoms with E-state index in [9.17, 15) is 4.79 Å². The van der Waals surface area contributed by atoms with Gasteiger partial charge in [-0.1, -0.05) is 18.6 Å². The molecule has 1 fully saturated rings. The molecule has 0 bridgehead atoms. The van der Waals surface area contributed by atoms with Gasteiger partial charge in [0.05, 0.1) is 31.1 Å². The molecule has 0 atom stereocenters. The maximum Gasteiger partial charge on any atom is 0.328 e. The number of aromatic amines is 1. The number of ether oxygens (including phenoxy) is 1. The normalized spacial score (nSPS) is 14.7. The van der Waals surface area contributed by atoms with E-state index in [2.05, 4.69) is 64.4 Å². The molecule has 1 aliphatic rings. The fourth-order valence-electron chi connectivity index (χ4n) is 4.50. The minimum atomic E-state index is -0.329. The Kier molecular flexibility index (Phi) is 10.3. The van der Waals surface area contributed by atoms with E-state index < -0.39 is 0 Å². The van der Waals surface area contributed by atoms with Gasteiger partial charge in [-0.25, -0.2) is 9.79 Å². The highest BCUT2D eigenvalue weighted by Gasteiger charge is 2.17. The van der Waals surface area contributed by atoms with Gasteiger partial charge in [0, 0.05) is 39.3 Å². The number of nitrogens with one attached hydrogen (secondary N) is 1. The highest BCUT2D eigenvalue weighted by Crippen LogP contribution is 2.18. The van der Waals surface area contributed by atoms with E-state index in [0.29, 0.717) is 23.5 Å². The van der Waals surface area contributed by atoms with Gasteiger partial charge in [-0.15, -0.1) is 5.10 Å². The predicted molar refractivity (Wildman–Crippen MR) is 149 cm³/mol. The molecule has 4 rings (SSSR count). The number of hydrogen-bond donors (Lipinski definition) is 2. The summed E-state index contributed by atoms with van der Waals surface area (Å²) < 4.78 is 8.92. The maximum atomic E-state index is 12.6. The van der Waals surface area contributed by atoms with Crippen molar-refractivity contribution in [2.24, 2.45) is 4.99 Å². The van der Waals surface area contributed by atoms with E-state index in [1.807, 2.05) is 10.9 Å². The lowest BCUT2D eigenvalue weighted by atomic mass is 10.2. The molecule has 14 heteroatoms. The molecule has 0 radical (unpaired) electrons. The zero-order valence-corrected chi connectivity index (χ0v) is 22.8. The first-order chi connectivity index (χ1) is 18.6. The smallest absolute Gasteiger partial charge is 0.328 e. The lowest BCUT2D eigenvalue weighted by molar-refractivity contribution is 0.130. The van der Waals surface area contributed by atoms with Crippen molar-refractivity contribution in [3.05, 3.63) is 22.4 Å². The van der Waals surface area contributed by atoms with Gasteiger partial charge in [0.15, 0.2) is 11.5 Å². The summed E-state index contributed by atoms with van der Waals surface area (Å²) in [6, 6.07) is 0.165. The van der Waals surface area contributed by atoms with Crippen LogP contribution in [-0.4, -0.2) is 102 Å². The van der Waals surface area contributed by atoms with Crippen molar-refractivity contribution in [2.75, 3.05) is 58.2 Å². The van der Waals surface area contributed by atoms with Crippen LogP contribution < -0.4 is 16.2 Å². The Labute approximate surface area is 227 Å². The molecular weight excluding hydrogens is 506 g/mol. The van der Waals surface area contributed by atoms with Crippen LogP contribution in [-0.2, 0) is 13.1 Å². The Morgan fingerprint density at radius 2 is 1.84 bits per heavy atom. The average Bonchev–Trinajstić information content (AvgIpc) is 3.50. The van der Waals surface area contributed by atoms with Crippen molar-refractivity contribution < 1.29 is 4.74 Å². The number of thiocarbonyl (C=S) groups is 1. The number of rotatable bonds is 15. The van der Waals surface area contributed by atoms with Crippen LogP contribution >= 0.6 is 12.2 Å². The molecule has 3 N–H and O–H groups in total. The standard InChI is InChI=1S/C24H37N11O2S/c1-2-3-15-37-23-28-21(25)20-22(29-23)35(24(36)27-20)17-19-16-34(31-30-19)10-5-4-8-32-11-13-33(14-12-32)9-6-7-26-18-38/h16H,2-15,17H2,1H3,(H,27,36)(H2,25,28,29). The molecule has 3 aromatic rings. The number of hydrogen-bond acceptors (Lipinski definition) is 11. The van der Waals surface area contributed by atoms with Gasteiger partial charge in [0.25, 0.3) is 0 Å². The number of anilines is 1. The van der Waals surface area contributed by atoms with Gasteiger partial charge < -0.3 is 25.3 Å². The third kappa shape index (κ3) is 7.67. The van der Waals surface area contributed by atoms with E-state index >= 15 is 0 Å². The largest absolute Gasteiger partial charge is 0.463 e. The van der Waals surface area contributed by atoms with E-state index in [0.717, 1.165) is 84.5 Å². The molecule has 13 nitrogen and oxygen atoms in total. The average molecular weight is 544 g/mol. The second-order valence-corrected chi connectivity index (χ2v) is 9.68. The summed E-state index contributed by atoms with van der Waals surface area (Å²) in [6.45, 7) is 10.9. The zero-order valence-electron chi connectivity index (χ0n) is 22.0. The molecule has 0 aromatic carbocycles. The van der Waals surface area contributed by atoms with E-state index in [1.54, 1.807) is 0 Å². The minimum absolute atomic E-state index is 0.165. The molecule has 0 amide bonds. The Balaban J connectivity index is 1.23. The molecule has 1 saturated heterocycles. The molecule has 0 spiro atoms. The number of fused-ring (bicyclic) bond motifs is 1. The molecule has 3 aromatic heterocycles. The van der Waals surface area contributed by atoms with Crippen LogP contribution in [0.4, 0.5) is 5.82 Å². The van der Waals surface area contributed by atoms with Crippen LogP contribution in [0.15, 0.2) is 16.0 Å². The number of nitrogens with two attached hydrogens (primary N) is 1. The van der Waals surface area contributed by atoms with Gasteiger partial charge in [0.2, 0.25) is 0 Å². The minimum Gasteiger partial charge on any atom is -0.463 e. The monoisotopic (exact) mass is 543 g/mol. The second-order valence-electron chi connectivity index (χ2n) is 9.50. The summed E-state index contributed by atoms with van der Waals surface area (Å²) in [4.78, 5) is 32.9. The first kappa shape index (κ1) is 27.8. The zero-order chi connectivity index (χ0) is 26.7. The van der Waals surface area contributed by atoms with Crippen molar-refractivity contribution in [2.45, 2.75) is 52.1 Å². The van der Waals surface area contributed by atoms with Gasteiger partial charge >= 0.3 is 11.7 Å². The van der Waals surface area contributed by atoms with Gasteiger partial charge in [-0.05, 0) is 44.4 Å². The van der Waals surface area contributed by atoms with E-state index in [1.165, 1.54) is 4.57 Å². The topological polar surface area (TPSA) is 148 Å². The number of H-pyrrole nitrogens is 1. The lowest BCUT2D eigenvalue weighted by Crippen LogP contribution is -2.46. The summed E-state index contributed by atoms with van der Waals surface area (Å²) in [6.07, 6.45) is 6.89. The van der Waals surface area contributed by atoms with Gasteiger partial charge in [0.1, 0.15) is 11.2 Å². The third-order valence-corrected chi connectivity index (χ3v) is 6.78. The second kappa shape index (κ2) is 14.1. The predicted octanol–water partition coefficient (Wildman–Crippen LogP) is 1.41. The van der Waals surface area contributed by atoms with Gasteiger partial charge in [-0.3, -0.25) is 9.25 Å². The van der Waals surface area contributed by atoms with Crippen molar-refractivity contribution in [1.29, 1.82) is 0 Å². The molecule has 0 aliphatic carbocycles. The number of imidazole rings is 1. The Morgan fingerprint density at radius 1 is 1.11 bits per heavy atom. The highest BCUT2D eigenvalue weighted by atomic mass is 32.1. The summed E-state index contributed by atoms with van der Waals surface area (Å²) in [5.74, 6) is 0.180. The molecule has 1 aliphatic heterocycles. The molecule has 38 heavy (non-hydrogen) atoms. The maximum absolute atomic E-state index is 12.6. The van der Waals surface area contributed by atoms with Crippen LogP contribution in [0, 0.1) is 0 Å². The first-order valence-corrected chi connectivity index (χ1v) is 13.7. The quantitative estimate of drug-likeness (QED) is 0.164. The number of aliphatic imine (C=N–C) groups is 1. The number of aromatic nitrogens is 7. The van der Waals surface area contributed by atoms with E-state index in [-0.39, 0.29) is 24.1 Å². The molecular formula is C24H37N11O2S.